The Morgan fingerprint density at radius 3 is 2.96 bits per heavy atom. The molecule has 6 nitrogen and oxygen atoms in total. The summed E-state index contributed by atoms with van der Waals surface area (Å²) in [5.74, 6) is 2.24. The van der Waals surface area contributed by atoms with Crippen molar-refractivity contribution >= 4 is 42.1 Å². The van der Waals surface area contributed by atoms with E-state index in [4.69, 9.17) is 9.47 Å². The molecule has 1 atom stereocenters. The maximum atomic E-state index is 12.5. The standard InChI is InChI=1S/C18H21N3O3S.2ClH/c1-19-8-12-4-5-21(9-12)17(22)7-14-10-25-18(20-14)13-2-3-15-16(6-13)24-11-23-15;;/h2-3,6,10,12,19H,4-5,7-9,11H2,1H3;2*1H. The van der Waals surface area contributed by atoms with Crippen LogP contribution < -0.4 is 14.8 Å². The van der Waals surface area contributed by atoms with Crippen LogP contribution in [0.2, 0.25) is 0 Å². The van der Waals surface area contributed by atoms with Crippen LogP contribution in [0, 0.1) is 5.92 Å². The number of ether oxygens (including phenoxy) is 2. The molecule has 3 heterocycles. The first-order chi connectivity index (χ1) is 12.2. The van der Waals surface area contributed by atoms with Gasteiger partial charge in [0, 0.05) is 24.0 Å². The summed E-state index contributed by atoms with van der Waals surface area (Å²) < 4.78 is 10.8. The summed E-state index contributed by atoms with van der Waals surface area (Å²) >= 11 is 1.55. The Labute approximate surface area is 175 Å². The third-order valence-corrected chi connectivity index (χ3v) is 5.58. The average Bonchev–Trinajstić information content (AvgIpc) is 3.34. The second kappa shape index (κ2) is 9.59. The third kappa shape index (κ3) is 4.85. The highest BCUT2D eigenvalue weighted by Gasteiger charge is 2.26. The lowest BCUT2D eigenvalue weighted by Gasteiger charge is -2.15. The minimum Gasteiger partial charge on any atom is -0.454 e. The molecule has 1 amide bonds. The van der Waals surface area contributed by atoms with Crippen LogP contribution in [-0.2, 0) is 11.2 Å². The highest BCUT2D eigenvalue weighted by Crippen LogP contribution is 2.36. The average molecular weight is 432 g/mol. The Morgan fingerprint density at radius 1 is 1.33 bits per heavy atom. The molecule has 1 unspecified atom stereocenters. The first-order valence-corrected chi connectivity index (χ1v) is 9.37. The third-order valence-electron chi connectivity index (χ3n) is 4.63. The van der Waals surface area contributed by atoms with Gasteiger partial charge in [0.25, 0.3) is 0 Å². The second-order valence-corrected chi connectivity index (χ2v) is 7.30. The van der Waals surface area contributed by atoms with Crippen molar-refractivity contribution in [3.63, 3.8) is 0 Å². The SMILES string of the molecule is CNCC1CCN(C(=O)Cc2csc(-c3ccc4c(c3)OCO4)n2)C1.Cl.Cl. The molecule has 148 valence electrons. The maximum Gasteiger partial charge on any atom is 0.231 e. The van der Waals surface area contributed by atoms with Gasteiger partial charge in [-0.25, -0.2) is 4.98 Å². The van der Waals surface area contributed by atoms with Gasteiger partial charge >= 0.3 is 0 Å². The summed E-state index contributed by atoms with van der Waals surface area (Å²) in [5.41, 5.74) is 1.82. The van der Waals surface area contributed by atoms with Crippen molar-refractivity contribution in [3.8, 4) is 22.1 Å². The highest BCUT2D eigenvalue weighted by molar-refractivity contribution is 7.13. The Bertz CT molecular complexity index is 787. The van der Waals surface area contributed by atoms with Gasteiger partial charge in [-0.05, 0) is 44.1 Å². The number of nitrogens with zero attached hydrogens (tertiary/aromatic N) is 2. The number of nitrogens with one attached hydrogen (secondary N) is 1. The van der Waals surface area contributed by atoms with E-state index in [0.717, 1.165) is 53.8 Å². The molecular formula is C18H23Cl2N3O3S. The summed E-state index contributed by atoms with van der Waals surface area (Å²) in [6, 6.07) is 5.81. The molecule has 1 saturated heterocycles. The van der Waals surface area contributed by atoms with Gasteiger partial charge in [0.1, 0.15) is 5.01 Å². The zero-order valence-corrected chi connectivity index (χ0v) is 17.4. The lowest BCUT2D eigenvalue weighted by molar-refractivity contribution is -0.129. The van der Waals surface area contributed by atoms with Crippen molar-refractivity contribution in [2.75, 3.05) is 33.5 Å². The molecule has 0 aliphatic carbocycles. The first kappa shape index (κ1) is 21.8. The molecule has 1 fully saturated rings. The smallest absolute Gasteiger partial charge is 0.231 e. The number of fused-ring (bicyclic) bond motifs is 1. The number of carbonyl (C=O) groups excluding carboxylic acids is 1. The molecule has 0 saturated carbocycles. The summed E-state index contributed by atoms with van der Waals surface area (Å²) in [7, 11) is 1.96. The van der Waals surface area contributed by atoms with Crippen molar-refractivity contribution in [1.82, 2.24) is 15.2 Å². The van der Waals surface area contributed by atoms with E-state index in [1.807, 2.05) is 35.5 Å². The van der Waals surface area contributed by atoms with Crippen LogP contribution in [0.15, 0.2) is 23.6 Å². The predicted octanol–water partition coefficient (Wildman–Crippen LogP) is 2.99. The van der Waals surface area contributed by atoms with E-state index < -0.39 is 0 Å². The van der Waals surface area contributed by atoms with Gasteiger partial charge in [0.05, 0.1) is 12.1 Å². The van der Waals surface area contributed by atoms with Gasteiger partial charge in [-0.2, -0.15) is 0 Å². The van der Waals surface area contributed by atoms with Gasteiger partial charge in [-0.3, -0.25) is 4.79 Å². The largest absolute Gasteiger partial charge is 0.454 e. The summed E-state index contributed by atoms with van der Waals surface area (Å²) in [5, 5.41) is 6.06. The minimum atomic E-state index is 0. The van der Waals surface area contributed by atoms with Crippen LogP contribution in [0.25, 0.3) is 10.6 Å². The number of hydrogen-bond acceptors (Lipinski definition) is 6. The molecular weight excluding hydrogens is 409 g/mol. The monoisotopic (exact) mass is 431 g/mol. The van der Waals surface area contributed by atoms with Crippen LogP contribution >= 0.6 is 36.2 Å². The van der Waals surface area contributed by atoms with E-state index >= 15 is 0 Å². The minimum absolute atomic E-state index is 0. The zero-order valence-electron chi connectivity index (χ0n) is 15.0. The number of rotatable bonds is 5. The van der Waals surface area contributed by atoms with Gasteiger partial charge < -0.3 is 19.7 Å². The van der Waals surface area contributed by atoms with Gasteiger partial charge in [0.15, 0.2) is 11.5 Å². The maximum absolute atomic E-state index is 12.5. The number of likely N-dealkylation sites (tertiary alicyclic amines) is 1. The van der Waals surface area contributed by atoms with Crippen molar-refractivity contribution in [2.45, 2.75) is 12.8 Å². The fraction of sp³-hybridized carbons (Fsp3) is 0.444. The summed E-state index contributed by atoms with van der Waals surface area (Å²) in [6.07, 6.45) is 1.44. The first-order valence-electron chi connectivity index (χ1n) is 8.49. The zero-order chi connectivity index (χ0) is 17.2. The van der Waals surface area contributed by atoms with E-state index in [2.05, 4.69) is 10.3 Å². The number of carbonyl (C=O) groups is 1. The van der Waals surface area contributed by atoms with E-state index in [1.54, 1.807) is 11.3 Å². The molecule has 2 aliphatic rings. The fourth-order valence-electron chi connectivity index (χ4n) is 3.33. The Morgan fingerprint density at radius 2 is 2.15 bits per heavy atom. The van der Waals surface area contributed by atoms with Crippen molar-refractivity contribution in [1.29, 1.82) is 0 Å². The number of aromatic nitrogens is 1. The summed E-state index contributed by atoms with van der Waals surface area (Å²) in [4.78, 5) is 19.1. The number of hydrogen-bond donors (Lipinski definition) is 1. The molecule has 4 rings (SSSR count). The molecule has 27 heavy (non-hydrogen) atoms. The molecule has 0 radical (unpaired) electrons. The molecule has 1 aromatic heterocycles. The van der Waals surface area contributed by atoms with E-state index in [0.29, 0.717) is 12.3 Å². The quantitative estimate of drug-likeness (QED) is 0.787. The Balaban J connectivity index is 0.00000131. The second-order valence-electron chi connectivity index (χ2n) is 6.44. The molecule has 2 aromatic rings. The van der Waals surface area contributed by atoms with E-state index in [9.17, 15) is 4.79 Å². The number of thiazole rings is 1. The van der Waals surface area contributed by atoms with Crippen LogP contribution in [-0.4, -0.2) is 49.3 Å². The number of amides is 1. The van der Waals surface area contributed by atoms with Gasteiger partial charge in [0.2, 0.25) is 12.7 Å². The predicted molar refractivity (Wildman–Crippen MR) is 110 cm³/mol. The number of halogens is 2. The molecule has 9 heteroatoms. The van der Waals surface area contributed by atoms with Crippen molar-refractivity contribution < 1.29 is 14.3 Å². The van der Waals surface area contributed by atoms with Crippen molar-refractivity contribution in [2.24, 2.45) is 5.92 Å². The molecule has 0 bridgehead atoms. The van der Waals surface area contributed by atoms with Crippen LogP contribution in [0.5, 0.6) is 11.5 Å². The van der Waals surface area contributed by atoms with E-state index in [-0.39, 0.29) is 37.5 Å². The topological polar surface area (TPSA) is 63.7 Å². The van der Waals surface area contributed by atoms with Crippen molar-refractivity contribution in [3.05, 3.63) is 29.3 Å². The molecule has 1 N–H and O–H groups in total. The van der Waals surface area contributed by atoms with Crippen LogP contribution in [0.3, 0.4) is 0 Å². The normalized spacial score (nSPS) is 17.4. The van der Waals surface area contributed by atoms with Crippen LogP contribution in [0.4, 0.5) is 0 Å². The van der Waals surface area contributed by atoms with E-state index in [1.165, 1.54) is 0 Å². The van der Waals surface area contributed by atoms with Gasteiger partial charge in [-0.15, -0.1) is 36.2 Å². The Kier molecular flexibility index (Phi) is 7.73. The molecule has 1 aromatic carbocycles. The molecule has 2 aliphatic heterocycles. The highest BCUT2D eigenvalue weighted by atomic mass is 35.5. The lowest BCUT2D eigenvalue weighted by atomic mass is 10.1. The fourth-order valence-corrected chi connectivity index (χ4v) is 4.15. The lowest BCUT2D eigenvalue weighted by Crippen LogP contribution is -2.31. The number of benzene rings is 1. The summed E-state index contributed by atoms with van der Waals surface area (Å²) in [6.45, 7) is 2.93. The van der Waals surface area contributed by atoms with Crippen LogP contribution in [0.1, 0.15) is 12.1 Å². The Hall–Kier alpha value is -1.54. The molecule has 0 spiro atoms. The van der Waals surface area contributed by atoms with Gasteiger partial charge in [-0.1, -0.05) is 0 Å².